The largest absolute Gasteiger partial charge is 0.573 e. The normalized spacial score (nSPS) is 19.3. The summed E-state index contributed by atoms with van der Waals surface area (Å²) in [6.45, 7) is 1.18. The molecule has 1 saturated heterocycles. The lowest BCUT2D eigenvalue weighted by molar-refractivity contribution is -0.274. The summed E-state index contributed by atoms with van der Waals surface area (Å²) in [6.07, 6.45) is 1.77. The van der Waals surface area contributed by atoms with Gasteiger partial charge in [-0.1, -0.05) is 0 Å². The number of alkyl halides is 3. The van der Waals surface area contributed by atoms with Gasteiger partial charge in [-0.15, -0.1) is 13.2 Å². The maximum atomic E-state index is 12.9. The number of nitrogens with one attached hydrogen (secondary N) is 1. The van der Waals surface area contributed by atoms with Crippen molar-refractivity contribution >= 4 is 16.9 Å². The Bertz CT molecular complexity index is 1180. The van der Waals surface area contributed by atoms with E-state index in [2.05, 4.69) is 20.8 Å². The molecule has 2 aliphatic rings. The molecule has 6 nitrogen and oxygen atoms in total. The van der Waals surface area contributed by atoms with Gasteiger partial charge in [-0.05, 0) is 73.1 Å². The standard InChI is InChI=1S/C25H26F3N3O3/c1-33-18-6-7-20-21(14-18)30-23-22(20)19(8-11-29-23)15-9-12-31(13-10-15)24(32)16-2-4-17(5-3-16)34-25(26,27)28/h2-5,8,11,15,18H,6-7,9-10,12-14H2,1H3,(H,29,30). The van der Waals surface area contributed by atoms with E-state index in [0.29, 0.717) is 24.6 Å². The van der Waals surface area contributed by atoms with Crippen LogP contribution in [-0.4, -0.2) is 53.4 Å². The van der Waals surface area contributed by atoms with Crippen LogP contribution in [0.5, 0.6) is 5.75 Å². The first-order valence-corrected chi connectivity index (χ1v) is 11.5. The number of likely N-dealkylation sites (tertiary alicyclic amines) is 1. The summed E-state index contributed by atoms with van der Waals surface area (Å²) in [4.78, 5) is 22.7. The molecular formula is C25H26F3N3O3. The molecule has 34 heavy (non-hydrogen) atoms. The van der Waals surface area contributed by atoms with E-state index in [0.717, 1.165) is 37.8 Å². The first-order chi connectivity index (χ1) is 16.3. The second-order valence-electron chi connectivity index (χ2n) is 8.95. The monoisotopic (exact) mass is 473 g/mol. The average molecular weight is 473 g/mol. The maximum Gasteiger partial charge on any atom is 0.573 e. The van der Waals surface area contributed by atoms with Crippen LogP contribution in [-0.2, 0) is 17.6 Å². The molecule has 1 aliphatic heterocycles. The lowest BCUT2D eigenvalue weighted by Gasteiger charge is -2.33. The number of hydrogen-bond donors (Lipinski definition) is 1. The Morgan fingerprint density at radius 2 is 1.85 bits per heavy atom. The minimum Gasteiger partial charge on any atom is -0.406 e. The topological polar surface area (TPSA) is 67.5 Å². The van der Waals surface area contributed by atoms with Crippen LogP contribution < -0.4 is 4.74 Å². The van der Waals surface area contributed by atoms with E-state index in [4.69, 9.17) is 4.74 Å². The summed E-state index contributed by atoms with van der Waals surface area (Å²) in [5.74, 6) is -0.199. The second-order valence-corrected chi connectivity index (χ2v) is 8.95. The third kappa shape index (κ3) is 4.49. The molecule has 1 unspecified atom stereocenters. The Labute approximate surface area is 195 Å². The number of methoxy groups -OCH3 is 1. The molecular weight excluding hydrogens is 447 g/mol. The average Bonchev–Trinajstić information content (AvgIpc) is 3.21. The molecule has 1 aromatic carbocycles. The number of aromatic amines is 1. The van der Waals surface area contributed by atoms with Crippen molar-refractivity contribution in [1.82, 2.24) is 14.9 Å². The fourth-order valence-corrected chi connectivity index (χ4v) is 5.26. The van der Waals surface area contributed by atoms with Crippen molar-refractivity contribution in [2.24, 2.45) is 0 Å². The van der Waals surface area contributed by atoms with Gasteiger partial charge >= 0.3 is 6.36 Å². The zero-order valence-corrected chi connectivity index (χ0v) is 18.8. The number of H-pyrrole nitrogens is 1. The molecule has 9 heteroatoms. The van der Waals surface area contributed by atoms with Crippen LogP contribution in [0.25, 0.3) is 11.0 Å². The van der Waals surface area contributed by atoms with Crippen LogP contribution in [0.4, 0.5) is 13.2 Å². The van der Waals surface area contributed by atoms with Gasteiger partial charge in [0.1, 0.15) is 11.4 Å². The molecule has 1 amide bonds. The quantitative estimate of drug-likeness (QED) is 0.580. The highest BCUT2D eigenvalue weighted by Crippen LogP contribution is 2.38. The number of ether oxygens (including phenoxy) is 2. The molecule has 1 atom stereocenters. The molecule has 3 aromatic rings. The molecule has 0 radical (unpaired) electrons. The summed E-state index contributed by atoms with van der Waals surface area (Å²) < 4.78 is 46.5. The van der Waals surface area contributed by atoms with Crippen molar-refractivity contribution in [3.8, 4) is 5.75 Å². The zero-order chi connectivity index (χ0) is 23.9. The SMILES string of the molecule is COC1CCc2c([nH]c3nccc(C4CCN(C(=O)c5ccc(OC(F)(F)F)cc5)CC4)c23)C1. The summed E-state index contributed by atoms with van der Waals surface area (Å²) in [5.41, 5.74) is 5.09. The highest BCUT2D eigenvalue weighted by Gasteiger charge is 2.32. The third-order valence-corrected chi connectivity index (χ3v) is 6.96. The number of rotatable bonds is 4. The highest BCUT2D eigenvalue weighted by molar-refractivity contribution is 5.94. The van der Waals surface area contributed by atoms with Gasteiger partial charge in [0.2, 0.25) is 0 Å². The van der Waals surface area contributed by atoms with Gasteiger partial charge in [-0.2, -0.15) is 0 Å². The van der Waals surface area contributed by atoms with Crippen molar-refractivity contribution in [3.63, 3.8) is 0 Å². The summed E-state index contributed by atoms with van der Waals surface area (Å²) >= 11 is 0. The Morgan fingerprint density at radius 1 is 1.12 bits per heavy atom. The molecule has 5 rings (SSSR count). The van der Waals surface area contributed by atoms with Crippen LogP contribution in [0.15, 0.2) is 36.5 Å². The molecule has 180 valence electrons. The van der Waals surface area contributed by atoms with E-state index in [1.54, 1.807) is 12.0 Å². The van der Waals surface area contributed by atoms with E-state index < -0.39 is 6.36 Å². The van der Waals surface area contributed by atoms with Crippen LogP contribution >= 0.6 is 0 Å². The minimum absolute atomic E-state index is 0.179. The predicted molar refractivity (Wildman–Crippen MR) is 120 cm³/mol. The van der Waals surface area contributed by atoms with Crippen LogP contribution in [0, 0.1) is 0 Å². The number of aryl methyl sites for hydroxylation is 1. The second kappa shape index (κ2) is 8.94. The lowest BCUT2D eigenvalue weighted by Crippen LogP contribution is -2.38. The van der Waals surface area contributed by atoms with E-state index >= 15 is 0 Å². The Hall–Kier alpha value is -3.07. The van der Waals surface area contributed by atoms with Crippen LogP contribution in [0.2, 0.25) is 0 Å². The fraction of sp³-hybridized carbons (Fsp3) is 0.440. The number of hydrogen-bond acceptors (Lipinski definition) is 4. The van der Waals surface area contributed by atoms with Crippen LogP contribution in [0.3, 0.4) is 0 Å². The van der Waals surface area contributed by atoms with Crippen molar-refractivity contribution in [2.45, 2.75) is 50.5 Å². The molecule has 1 N–H and O–H groups in total. The third-order valence-electron chi connectivity index (χ3n) is 6.96. The smallest absolute Gasteiger partial charge is 0.406 e. The molecule has 2 aromatic heterocycles. The Morgan fingerprint density at radius 3 is 2.53 bits per heavy atom. The summed E-state index contributed by atoms with van der Waals surface area (Å²) in [7, 11) is 1.75. The number of nitrogens with zero attached hydrogens (tertiary/aromatic N) is 2. The van der Waals surface area contributed by atoms with E-state index in [-0.39, 0.29) is 17.8 Å². The van der Waals surface area contributed by atoms with Crippen LogP contribution in [0.1, 0.15) is 52.4 Å². The zero-order valence-electron chi connectivity index (χ0n) is 18.8. The number of halogens is 3. The predicted octanol–water partition coefficient (Wildman–Crippen LogP) is 4.99. The van der Waals surface area contributed by atoms with E-state index in [1.807, 2.05) is 6.20 Å². The van der Waals surface area contributed by atoms with Gasteiger partial charge in [-0.3, -0.25) is 4.79 Å². The lowest BCUT2D eigenvalue weighted by atomic mass is 9.85. The Balaban J connectivity index is 1.28. The fourth-order valence-electron chi connectivity index (χ4n) is 5.26. The highest BCUT2D eigenvalue weighted by atomic mass is 19.4. The van der Waals surface area contributed by atoms with Crippen molar-refractivity contribution in [2.75, 3.05) is 20.2 Å². The summed E-state index contributed by atoms with van der Waals surface area (Å²) in [5, 5.41) is 1.22. The molecule has 3 heterocycles. The number of carbonyl (C=O) groups is 1. The van der Waals surface area contributed by atoms with Crippen molar-refractivity contribution in [3.05, 3.63) is 58.9 Å². The first kappa shape index (κ1) is 22.7. The maximum absolute atomic E-state index is 12.9. The van der Waals surface area contributed by atoms with E-state index in [1.165, 1.54) is 46.5 Å². The van der Waals surface area contributed by atoms with Crippen molar-refractivity contribution in [1.29, 1.82) is 0 Å². The number of aromatic nitrogens is 2. The van der Waals surface area contributed by atoms with Gasteiger partial charge in [0.05, 0.1) is 6.10 Å². The number of piperidine rings is 1. The number of benzene rings is 1. The van der Waals surface area contributed by atoms with Gasteiger partial charge in [-0.25, -0.2) is 4.98 Å². The first-order valence-electron chi connectivity index (χ1n) is 11.5. The molecule has 0 spiro atoms. The molecule has 1 fully saturated rings. The number of fused-ring (bicyclic) bond motifs is 3. The van der Waals surface area contributed by atoms with E-state index in [9.17, 15) is 18.0 Å². The summed E-state index contributed by atoms with van der Waals surface area (Å²) in [6, 6.07) is 7.19. The van der Waals surface area contributed by atoms with Gasteiger partial charge in [0.25, 0.3) is 5.91 Å². The van der Waals surface area contributed by atoms with Gasteiger partial charge < -0.3 is 19.4 Å². The van der Waals surface area contributed by atoms with Gasteiger partial charge in [0, 0.05) is 49.5 Å². The van der Waals surface area contributed by atoms with Gasteiger partial charge in [0.15, 0.2) is 0 Å². The molecule has 0 saturated carbocycles. The molecule has 0 bridgehead atoms. The number of carbonyl (C=O) groups excluding carboxylic acids is 1. The minimum atomic E-state index is -4.75. The number of pyridine rings is 1. The van der Waals surface area contributed by atoms with Crippen molar-refractivity contribution < 1.29 is 27.4 Å². The Kier molecular flexibility index (Phi) is 5.97. The molecule has 1 aliphatic carbocycles. The number of amides is 1.